The number of aliphatic carboxylic acids is 1. The van der Waals surface area contributed by atoms with Crippen molar-refractivity contribution in [2.24, 2.45) is 0 Å². The summed E-state index contributed by atoms with van der Waals surface area (Å²) in [6, 6.07) is 0.232. The Kier molecular flexibility index (Phi) is 4.76. The number of urea groups is 1. The van der Waals surface area contributed by atoms with Gasteiger partial charge in [0.1, 0.15) is 5.54 Å². The molecule has 0 aromatic carbocycles. The number of carbonyl (C=O) groups excluding carboxylic acids is 1. The fourth-order valence-corrected chi connectivity index (χ4v) is 3.71. The van der Waals surface area contributed by atoms with Crippen molar-refractivity contribution in [2.75, 3.05) is 32.7 Å². The van der Waals surface area contributed by atoms with E-state index in [2.05, 4.69) is 18.7 Å². The summed E-state index contributed by atoms with van der Waals surface area (Å²) in [5, 5.41) is 9.59. The summed E-state index contributed by atoms with van der Waals surface area (Å²) in [6.07, 6.45) is 1.81. The van der Waals surface area contributed by atoms with Gasteiger partial charge in [0, 0.05) is 32.2 Å². The zero-order chi connectivity index (χ0) is 15.6. The summed E-state index contributed by atoms with van der Waals surface area (Å²) in [7, 11) is 0. The molecular formula is C15H27N3O3. The molecule has 2 amide bonds. The highest BCUT2D eigenvalue weighted by Gasteiger charge is 2.49. The minimum absolute atomic E-state index is 0.0978. The Bertz CT molecular complexity index is 415. The van der Waals surface area contributed by atoms with Crippen LogP contribution in [0.5, 0.6) is 0 Å². The molecule has 2 heterocycles. The van der Waals surface area contributed by atoms with Crippen LogP contribution in [0, 0.1) is 0 Å². The van der Waals surface area contributed by atoms with Gasteiger partial charge < -0.3 is 14.9 Å². The van der Waals surface area contributed by atoms with Crippen molar-refractivity contribution in [3.05, 3.63) is 0 Å². The monoisotopic (exact) mass is 297 g/mol. The first-order valence-corrected chi connectivity index (χ1v) is 8.00. The molecule has 21 heavy (non-hydrogen) atoms. The lowest BCUT2D eigenvalue weighted by atomic mass is 9.93. The number of carboxylic acids is 1. The number of nitrogens with zero attached hydrogens (tertiary/aromatic N) is 3. The number of amides is 2. The maximum absolute atomic E-state index is 12.8. The van der Waals surface area contributed by atoms with Gasteiger partial charge in [0.2, 0.25) is 0 Å². The number of carboxylic acid groups (broad SMARTS) is 1. The van der Waals surface area contributed by atoms with Gasteiger partial charge in [-0.2, -0.15) is 0 Å². The zero-order valence-corrected chi connectivity index (χ0v) is 13.3. The van der Waals surface area contributed by atoms with E-state index in [0.29, 0.717) is 38.5 Å². The molecule has 2 aliphatic heterocycles. The van der Waals surface area contributed by atoms with E-state index < -0.39 is 11.5 Å². The van der Waals surface area contributed by atoms with Gasteiger partial charge in [0.05, 0.1) is 0 Å². The normalized spacial score (nSPS) is 30.7. The van der Waals surface area contributed by atoms with Crippen molar-refractivity contribution in [1.82, 2.24) is 14.7 Å². The molecule has 2 fully saturated rings. The van der Waals surface area contributed by atoms with Gasteiger partial charge in [0.25, 0.3) is 0 Å². The largest absolute Gasteiger partial charge is 0.479 e. The Morgan fingerprint density at radius 3 is 2.48 bits per heavy atom. The second kappa shape index (κ2) is 6.22. The Balaban J connectivity index is 2.11. The van der Waals surface area contributed by atoms with Gasteiger partial charge in [-0.15, -0.1) is 0 Å². The molecule has 6 heteroatoms. The minimum Gasteiger partial charge on any atom is -0.479 e. The highest BCUT2D eigenvalue weighted by atomic mass is 16.4. The average molecular weight is 297 g/mol. The van der Waals surface area contributed by atoms with E-state index in [1.54, 1.807) is 4.90 Å². The Labute approximate surface area is 126 Å². The van der Waals surface area contributed by atoms with E-state index in [1.165, 1.54) is 0 Å². The molecule has 0 radical (unpaired) electrons. The van der Waals surface area contributed by atoms with Gasteiger partial charge in [-0.3, -0.25) is 4.90 Å². The number of hydrogen-bond donors (Lipinski definition) is 1. The second-order valence-corrected chi connectivity index (χ2v) is 6.15. The number of carbonyl (C=O) groups is 2. The fraction of sp³-hybridized carbons (Fsp3) is 0.867. The molecule has 1 N–H and O–H groups in total. The molecule has 6 nitrogen and oxygen atoms in total. The lowest BCUT2D eigenvalue weighted by Crippen LogP contribution is -2.61. The van der Waals surface area contributed by atoms with Crippen molar-refractivity contribution in [3.8, 4) is 0 Å². The molecule has 2 aliphatic rings. The topological polar surface area (TPSA) is 64.1 Å². The number of likely N-dealkylation sites (tertiary alicyclic amines) is 1. The number of hydrogen-bond acceptors (Lipinski definition) is 3. The molecule has 0 aromatic rings. The second-order valence-electron chi connectivity index (χ2n) is 6.15. The smallest absolute Gasteiger partial charge is 0.329 e. The van der Waals surface area contributed by atoms with E-state index in [1.807, 2.05) is 11.8 Å². The molecule has 0 aromatic heterocycles. The van der Waals surface area contributed by atoms with Crippen molar-refractivity contribution >= 4 is 12.0 Å². The Morgan fingerprint density at radius 1 is 1.24 bits per heavy atom. The Hall–Kier alpha value is -1.30. The zero-order valence-electron chi connectivity index (χ0n) is 13.3. The highest BCUT2D eigenvalue weighted by molar-refractivity contribution is 5.87. The van der Waals surface area contributed by atoms with E-state index in [9.17, 15) is 14.7 Å². The van der Waals surface area contributed by atoms with Crippen molar-refractivity contribution < 1.29 is 14.7 Å². The van der Waals surface area contributed by atoms with Crippen LogP contribution >= 0.6 is 0 Å². The van der Waals surface area contributed by atoms with Crippen molar-refractivity contribution in [3.63, 3.8) is 0 Å². The van der Waals surface area contributed by atoms with Crippen LogP contribution in [0.15, 0.2) is 0 Å². The summed E-state index contributed by atoms with van der Waals surface area (Å²) >= 11 is 0. The molecule has 2 saturated heterocycles. The maximum Gasteiger partial charge on any atom is 0.329 e. The lowest BCUT2D eigenvalue weighted by molar-refractivity contribution is -0.148. The van der Waals surface area contributed by atoms with E-state index >= 15 is 0 Å². The highest BCUT2D eigenvalue weighted by Crippen LogP contribution is 2.34. The SMILES string of the molecule is CCN1CCN(C(=O)N2CCCC2(CC)C(=O)O)CC1C. The first-order chi connectivity index (χ1) is 9.96. The summed E-state index contributed by atoms with van der Waals surface area (Å²) in [6.45, 7) is 9.89. The molecule has 2 rings (SSSR count). The minimum atomic E-state index is -0.998. The third kappa shape index (κ3) is 2.73. The van der Waals surface area contributed by atoms with Gasteiger partial charge in [-0.1, -0.05) is 13.8 Å². The average Bonchev–Trinajstić information content (AvgIpc) is 2.91. The van der Waals surface area contributed by atoms with E-state index in [0.717, 1.165) is 19.5 Å². The van der Waals surface area contributed by atoms with Crippen LogP contribution < -0.4 is 0 Å². The van der Waals surface area contributed by atoms with Crippen LogP contribution in [0.2, 0.25) is 0 Å². The molecule has 120 valence electrons. The molecular weight excluding hydrogens is 270 g/mol. The molecule has 0 bridgehead atoms. The van der Waals surface area contributed by atoms with Crippen LogP contribution in [-0.4, -0.2) is 76.1 Å². The quantitative estimate of drug-likeness (QED) is 0.856. The van der Waals surface area contributed by atoms with Crippen LogP contribution in [0.3, 0.4) is 0 Å². The molecule has 0 aliphatic carbocycles. The maximum atomic E-state index is 12.8. The molecule has 0 saturated carbocycles. The first-order valence-electron chi connectivity index (χ1n) is 8.00. The predicted octanol–water partition coefficient (Wildman–Crippen LogP) is 1.46. The summed E-state index contributed by atoms with van der Waals surface area (Å²) < 4.78 is 0. The van der Waals surface area contributed by atoms with E-state index in [4.69, 9.17) is 0 Å². The van der Waals surface area contributed by atoms with Crippen LogP contribution in [0.1, 0.15) is 40.0 Å². The molecule has 0 spiro atoms. The van der Waals surface area contributed by atoms with Crippen molar-refractivity contribution in [2.45, 2.75) is 51.6 Å². The van der Waals surface area contributed by atoms with Crippen LogP contribution in [0.4, 0.5) is 4.79 Å². The molecule has 2 unspecified atom stereocenters. The Morgan fingerprint density at radius 2 is 1.95 bits per heavy atom. The number of rotatable bonds is 3. The summed E-state index contributed by atoms with van der Waals surface area (Å²) in [5.41, 5.74) is -0.998. The first kappa shape index (κ1) is 16.1. The summed E-state index contributed by atoms with van der Waals surface area (Å²) in [5.74, 6) is -0.865. The van der Waals surface area contributed by atoms with Gasteiger partial charge in [-0.25, -0.2) is 9.59 Å². The third-order valence-electron chi connectivity index (χ3n) is 5.14. The van der Waals surface area contributed by atoms with E-state index in [-0.39, 0.29) is 6.03 Å². The van der Waals surface area contributed by atoms with Gasteiger partial charge >= 0.3 is 12.0 Å². The third-order valence-corrected chi connectivity index (χ3v) is 5.14. The van der Waals surface area contributed by atoms with Gasteiger partial charge in [-0.05, 0) is 32.7 Å². The lowest BCUT2D eigenvalue weighted by Gasteiger charge is -2.43. The summed E-state index contributed by atoms with van der Waals surface area (Å²) in [4.78, 5) is 30.3. The molecule has 2 atom stereocenters. The van der Waals surface area contributed by atoms with Crippen LogP contribution in [0.25, 0.3) is 0 Å². The van der Waals surface area contributed by atoms with Crippen molar-refractivity contribution in [1.29, 1.82) is 0 Å². The fourth-order valence-electron chi connectivity index (χ4n) is 3.71. The van der Waals surface area contributed by atoms with Gasteiger partial charge in [0.15, 0.2) is 0 Å². The van der Waals surface area contributed by atoms with Crippen LogP contribution in [-0.2, 0) is 4.79 Å². The number of likely N-dealkylation sites (N-methyl/N-ethyl adjacent to an activating group) is 1. The standard InChI is InChI=1S/C15H27N3O3/c1-4-15(13(19)20)7-6-8-18(15)14(21)17-10-9-16(5-2)12(3)11-17/h12H,4-11H2,1-3H3,(H,19,20). The predicted molar refractivity (Wildman–Crippen MR) is 80.3 cm³/mol. The number of piperazine rings is 1.